The molecule has 106 valence electrons. The second-order valence-electron chi connectivity index (χ2n) is 4.01. The first-order chi connectivity index (χ1) is 9.01. The Balaban J connectivity index is 2.88. The van der Waals surface area contributed by atoms with Crippen molar-refractivity contribution in [3.63, 3.8) is 0 Å². The molecular weight excluding hydrogens is 270 g/mol. The van der Waals surface area contributed by atoms with Crippen LogP contribution < -0.4 is 14.8 Å². The van der Waals surface area contributed by atoms with E-state index in [-0.39, 0.29) is 18.4 Å². The zero-order valence-corrected chi connectivity index (χ0v) is 12.2. The van der Waals surface area contributed by atoms with Gasteiger partial charge in [0, 0.05) is 12.1 Å². The molecule has 0 amide bonds. The number of methoxy groups -OCH3 is 3. The van der Waals surface area contributed by atoms with Crippen molar-refractivity contribution in [3.05, 3.63) is 17.2 Å². The molecule has 0 radical (unpaired) electrons. The second kappa shape index (κ2) is 7.09. The Bertz CT molecular complexity index is 451. The monoisotopic (exact) mass is 287 g/mol. The van der Waals surface area contributed by atoms with Gasteiger partial charge in [0.1, 0.15) is 11.5 Å². The summed E-state index contributed by atoms with van der Waals surface area (Å²) in [6.07, 6.45) is 0.253. The minimum atomic E-state index is -0.279. The Morgan fingerprint density at radius 2 is 1.89 bits per heavy atom. The number of carbonyl (C=O) groups excluding carboxylic acids is 1. The molecule has 19 heavy (non-hydrogen) atoms. The van der Waals surface area contributed by atoms with Gasteiger partial charge in [-0.05, 0) is 13.0 Å². The third-order valence-electron chi connectivity index (χ3n) is 2.58. The number of carbonyl (C=O) groups is 1. The molecule has 0 aliphatic carbocycles. The molecule has 0 aliphatic heterocycles. The van der Waals surface area contributed by atoms with Crippen LogP contribution in [0.3, 0.4) is 0 Å². The molecule has 0 aliphatic rings. The van der Waals surface area contributed by atoms with Crippen molar-refractivity contribution in [3.8, 4) is 11.5 Å². The molecule has 0 heterocycles. The maximum absolute atomic E-state index is 11.2. The van der Waals surface area contributed by atoms with Crippen LogP contribution in [-0.4, -0.2) is 33.3 Å². The lowest BCUT2D eigenvalue weighted by Gasteiger charge is -2.18. The Hall–Kier alpha value is -1.62. The van der Waals surface area contributed by atoms with E-state index in [0.717, 1.165) is 0 Å². The van der Waals surface area contributed by atoms with Crippen LogP contribution in [-0.2, 0) is 9.53 Å². The summed E-state index contributed by atoms with van der Waals surface area (Å²) in [6, 6.07) is 3.29. The number of hydrogen-bond acceptors (Lipinski definition) is 5. The van der Waals surface area contributed by atoms with Crippen LogP contribution in [0, 0.1) is 0 Å². The van der Waals surface area contributed by atoms with Crippen molar-refractivity contribution < 1.29 is 19.0 Å². The van der Waals surface area contributed by atoms with Gasteiger partial charge in [0.2, 0.25) is 0 Å². The predicted molar refractivity (Wildman–Crippen MR) is 74.3 cm³/mol. The van der Waals surface area contributed by atoms with Crippen LogP contribution in [0.5, 0.6) is 11.5 Å². The summed E-state index contributed by atoms with van der Waals surface area (Å²) in [5, 5.41) is 3.62. The Morgan fingerprint density at radius 1 is 1.26 bits per heavy atom. The number of esters is 1. The van der Waals surface area contributed by atoms with Crippen molar-refractivity contribution in [2.24, 2.45) is 0 Å². The first-order valence-electron chi connectivity index (χ1n) is 5.76. The van der Waals surface area contributed by atoms with Gasteiger partial charge in [0.05, 0.1) is 38.5 Å². The summed E-state index contributed by atoms with van der Waals surface area (Å²) in [6.45, 7) is 1.87. The first kappa shape index (κ1) is 15.4. The van der Waals surface area contributed by atoms with E-state index in [0.29, 0.717) is 22.2 Å². The number of benzene rings is 1. The summed E-state index contributed by atoms with van der Waals surface area (Å²) in [5.41, 5.74) is 0.699. The smallest absolute Gasteiger partial charge is 0.307 e. The van der Waals surface area contributed by atoms with Gasteiger partial charge in [0.25, 0.3) is 0 Å². The SMILES string of the molecule is COC(=O)CC(C)Nc1cc(Cl)c(OC)cc1OC. The number of ether oxygens (including phenoxy) is 3. The topological polar surface area (TPSA) is 56.8 Å². The molecule has 6 heteroatoms. The Labute approximate surface area is 117 Å². The molecule has 0 fully saturated rings. The third-order valence-corrected chi connectivity index (χ3v) is 2.87. The van der Waals surface area contributed by atoms with Crippen LogP contribution >= 0.6 is 11.6 Å². The molecule has 0 bridgehead atoms. The van der Waals surface area contributed by atoms with E-state index in [1.54, 1.807) is 19.2 Å². The molecule has 1 rings (SSSR count). The summed E-state index contributed by atoms with van der Waals surface area (Å²) in [4.78, 5) is 11.2. The number of hydrogen-bond donors (Lipinski definition) is 1. The number of halogens is 1. The van der Waals surface area contributed by atoms with Gasteiger partial charge >= 0.3 is 5.97 Å². The highest BCUT2D eigenvalue weighted by Gasteiger charge is 2.14. The standard InChI is InChI=1S/C13H18ClNO4/c1-8(5-13(16)19-4)15-10-6-9(14)11(17-2)7-12(10)18-3/h6-8,15H,5H2,1-4H3. The van der Waals surface area contributed by atoms with Gasteiger partial charge < -0.3 is 19.5 Å². The lowest BCUT2D eigenvalue weighted by Crippen LogP contribution is -2.20. The van der Waals surface area contributed by atoms with Crippen molar-refractivity contribution in [1.82, 2.24) is 0 Å². The van der Waals surface area contributed by atoms with Crippen LogP contribution in [0.1, 0.15) is 13.3 Å². The van der Waals surface area contributed by atoms with Gasteiger partial charge in [-0.1, -0.05) is 11.6 Å². The first-order valence-corrected chi connectivity index (χ1v) is 6.14. The van der Waals surface area contributed by atoms with E-state index in [2.05, 4.69) is 10.1 Å². The van der Waals surface area contributed by atoms with Crippen LogP contribution in [0.15, 0.2) is 12.1 Å². The van der Waals surface area contributed by atoms with Gasteiger partial charge in [-0.25, -0.2) is 0 Å². The fraction of sp³-hybridized carbons (Fsp3) is 0.462. The Morgan fingerprint density at radius 3 is 2.42 bits per heavy atom. The van der Waals surface area contributed by atoms with Crippen molar-refractivity contribution in [1.29, 1.82) is 0 Å². The van der Waals surface area contributed by atoms with Gasteiger partial charge in [0.15, 0.2) is 0 Å². The molecule has 1 unspecified atom stereocenters. The Kier molecular flexibility index (Phi) is 5.76. The molecule has 0 saturated carbocycles. The fourth-order valence-corrected chi connectivity index (χ4v) is 1.86. The molecule has 1 aromatic rings. The zero-order valence-electron chi connectivity index (χ0n) is 11.5. The predicted octanol–water partition coefficient (Wildman–Crippen LogP) is 2.72. The van der Waals surface area contributed by atoms with Crippen molar-refractivity contribution >= 4 is 23.3 Å². The summed E-state index contributed by atoms with van der Waals surface area (Å²) in [5.74, 6) is 0.848. The molecule has 1 aromatic carbocycles. The maximum Gasteiger partial charge on any atom is 0.307 e. The average Bonchev–Trinajstić information content (AvgIpc) is 2.38. The summed E-state index contributed by atoms with van der Waals surface area (Å²) in [7, 11) is 4.45. The van der Waals surface area contributed by atoms with Gasteiger partial charge in [-0.2, -0.15) is 0 Å². The highest BCUT2D eigenvalue weighted by atomic mass is 35.5. The number of nitrogens with one attached hydrogen (secondary N) is 1. The molecule has 0 aromatic heterocycles. The quantitative estimate of drug-likeness (QED) is 0.815. The van der Waals surface area contributed by atoms with Gasteiger partial charge in [-0.3, -0.25) is 4.79 Å². The molecule has 1 atom stereocenters. The lowest BCUT2D eigenvalue weighted by atomic mass is 10.2. The van der Waals surface area contributed by atoms with E-state index in [4.69, 9.17) is 21.1 Å². The lowest BCUT2D eigenvalue weighted by molar-refractivity contribution is -0.140. The van der Waals surface area contributed by atoms with E-state index in [1.807, 2.05) is 6.92 Å². The number of rotatable bonds is 6. The summed E-state index contributed by atoms with van der Waals surface area (Å²) >= 11 is 6.06. The van der Waals surface area contributed by atoms with Crippen molar-refractivity contribution in [2.75, 3.05) is 26.6 Å². The molecule has 1 N–H and O–H groups in total. The normalized spacial score (nSPS) is 11.6. The number of anilines is 1. The van der Waals surface area contributed by atoms with Crippen molar-refractivity contribution in [2.45, 2.75) is 19.4 Å². The van der Waals surface area contributed by atoms with E-state index in [9.17, 15) is 4.79 Å². The fourth-order valence-electron chi connectivity index (χ4n) is 1.62. The van der Waals surface area contributed by atoms with E-state index >= 15 is 0 Å². The molecule has 0 saturated heterocycles. The zero-order chi connectivity index (χ0) is 14.4. The van der Waals surface area contributed by atoms with Crippen LogP contribution in [0.2, 0.25) is 5.02 Å². The maximum atomic E-state index is 11.2. The minimum Gasteiger partial charge on any atom is -0.495 e. The highest BCUT2D eigenvalue weighted by Crippen LogP contribution is 2.36. The second-order valence-corrected chi connectivity index (χ2v) is 4.42. The van der Waals surface area contributed by atoms with Crippen LogP contribution in [0.25, 0.3) is 0 Å². The van der Waals surface area contributed by atoms with E-state index in [1.165, 1.54) is 14.2 Å². The van der Waals surface area contributed by atoms with E-state index < -0.39 is 0 Å². The molecular formula is C13H18ClNO4. The molecule has 0 spiro atoms. The highest BCUT2D eigenvalue weighted by molar-refractivity contribution is 6.32. The van der Waals surface area contributed by atoms with Crippen LogP contribution in [0.4, 0.5) is 5.69 Å². The summed E-state index contributed by atoms with van der Waals surface area (Å²) < 4.78 is 15.0. The third kappa shape index (κ3) is 4.21. The largest absolute Gasteiger partial charge is 0.495 e. The minimum absolute atomic E-state index is 0.106. The molecule has 5 nitrogen and oxygen atoms in total. The van der Waals surface area contributed by atoms with Gasteiger partial charge in [-0.15, -0.1) is 0 Å². The average molecular weight is 288 g/mol.